The number of hydrogen-bond acceptors (Lipinski definition) is 11. The third kappa shape index (κ3) is 7.60. The zero-order valence-corrected chi connectivity index (χ0v) is 35.4. The number of ketones is 1. The number of anilines is 1. The Bertz CT molecular complexity index is 2150. The monoisotopic (exact) mass is 786 g/mol. The van der Waals surface area contributed by atoms with Gasteiger partial charge in [-0.2, -0.15) is 0 Å². The van der Waals surface area contributed by atoms with Crippen molar-refractivity contribution >= 4 is 28.2 Å². The van der Waals surface area contributed by atoms with Crippen LogP contribution in [0.25, 0.3) is 10.8 Å². The minimum Gasteiger partial charge on any atom is -0.507 e. The van der Waals surface area contributed by atoms with E-state index in [1.807, 2.05) is 33.8 Å². The highest BCUT2D eigenvalue weighted by Gasteiger charge is 2.50. The molecule has 1 saturated heterocycles. The molecule has 5 N–H and O–H groups in total. The van der Waals surface area contributed by atoms with E-state index in [-0.39, 0.29) is 79.3 Å². The molecule has 0 aliphatic carbocycles. The Morgan fingerprint density at radius 1 is 0.877 bits per heavy atom. The summed E-state index contributed by atoms with van der Waals surface area (Å²) < 4.78 is 12.5. The van der Waals surface area contributed by atoms with Gasteiger partial charge in [-0.05, 0) is 49.5 Å². The Morgan fingerprint density at radius 3 is 2.19 bits per heavy atom. The molecule has 57 heavy (non-hydrogen) atoms. The van der Waals surface area contributed by atoms with Crippen LogP contribution in [0.4, 0.5) is 5.69 Å². The number of nitrogens with one attached hydrogen (secondary N) is 1. The number of rotatable bonds is 2. The smallest absolute Gasteiger partial charge is 0.312 e. The van der Waals surface area contributed by atoms with Crippen molar-refractivity contribution in [3.05, 3.63) is 58.0 Å². The summed E-state index contributed by atoms with van der Waals surface area (Å²) in [4.78, 5) is 40.4. The second-order valence-corrected chi connectivity index (χ2v) is 17.9. The number of benzene rings is 2. The normalized spacial score (nSPS) is 34.2. The number of amides is 1. The highest BCUT2D eigenvalue weighted by molar-refractivity contribution is 6.21. The second-order valence-electron chi connectivity index (χ2n) is 17.9. The van der Waals surface area contributed by atoms with Gasteiger partial charge in [-0.15, -0.1) is 0 Å². The molecule has 0 saturated carbocycles. The van der Waals surface area contributed by atoms with Crippen molar-refractivity contribution in [1.29, 1.82) is 0 Å². The van der Waals surface area contributed by atoms with Crippen LogP contribution >= 0.6 is 0 Å². The summed E-state index contributed by atoms with van der Waals surface area (Å²) in [7, 11) is 0. The van der Waals surface area contributed by atoms with Crippen LogP contribution < -0.4 is 20.8 Å². The van der Waals surface area contributed by atoms with E-state index in [1.165, 1.54) is 13.2 Å². The summed E-state index contributed by atoms with van der Waals surface area (Å²) in [5.41, 5.74) is 0.202. The van der Waals surface area contributed by atoms with Crippen molar-refractivity contribution in [3.63, 3.8) is 0 Å². The minimum atomic E-state index is -1.80. The quantitative estimate of drug-likeness (QED) is 0.225. The number of carbonyl (C=O) groups is 2. The molecular formula is C45H62N4O8. The Kier molecular flexibility index (Phi) is 11.8. The van der Waals surface area contributed by atoms with Gasteiger partial charge < -0.3 is 40.1 Å². The summed E-state index contributed by atoms with van der Waals surface area (Å²) >= 11 is 0. The number of ether oxygens (including phenoxy) is 2. The van der Waals surface area contributed by atoms with Gasteiger partial charge in [0.05, 0.1) is 35.1 Å². The molecule has 1 fully saturated rings. The average Bonchev–Trinajstić information content (AvgIpc) is 3.67. The lowest BCUT2D eigenvalue weighted by molar-refractivity contribution is -0.114. The first-order chi connectivity index (χ1) is 26.7. The Morgan fingerprint density at radius 2 is 1.54 bits per heavy atom. The molecule has 7 rings (SSSR count). The lowest BCUT2D eigenvalue weighted by atomic mass is 9.72. The van der Waals surface area contributed by atoms with E-state index in [2.05, 4.69) is 42.9 Å². The van der Waals surface area contributed by atoms with Gasteiger partial charge in [-0.3, -0.25) is 14.6 Å². The molecule has 0 unspecified atom stereocenters. The number of phenols is 2. The first-order valence-electron chi connectivity index (χ1n) is 20.6. The fraction of sp³-hybridized carbons (Fsp3) is 0.600. The molecule has 1 spiro atoms. The summed E-state index contributed by atoms with van der Waals surface area (Å²) in [6.45, 7) is 23.5. The van der Waals surface area contributed by atoms with E-state index >= 15 is 0 Å². The number of aromatic hydroxyl groups is 2. The molecule has 2 aromatic carbocycles. The van der Waals surface area contributed by atoms with E-state index in [4.69, 9.17) is 14.5 Å². The maximum Gasteiger partial charge on any atom is 0.312 e. The van der Waals surface area contributed by atoms with Gasteiger partial charge in [-0.25, -0.2) is 4.99 Å². The molecule has 310 valence electrons. The van der Waals surface area contributed by atoms with Gasteiger partial charge in [0.15, 0.2) is 5.75 Å². The number of nitrogens with zero attached hydrogens (tertiary/aromatic N) is 3. The third-order valence-electron chi connectivity index (χ3n) is 13.4. The lowest BCUT2D eigenvalue weighted by Crippen LogP contribution is -2.47. The highest BCUT2D eigenvalue weighted by atomic mass is 16.7. The first kappa shape index (κ1) is 42.3. The third-order valence-corrected chi connectivity index (χ3v) is 13.4. The van der Waals surface area contributed by atoms with Gasteiger partial charge in [0, 0.05) is 67.8 Å². The standard InChI is InChI=1S/C45H62N4O8/c1-22(2)21-49-18-16-45(17-19-49)47-34-31-32-39(52)30(10)41-33(31)42(54)44(11,57-41)56-20-15-23(3)26(6)27(7)28(8)38(51)29(9)37(50)24(4)13-12-14-25(5)43(55)46-36(40(32)53)35(34)48-45/h12-15,20,22-24,26-29,37-38,47,50-53H,16-19,21H2,1-11H3/b13-12+,20-15+,25-14-,46-36?/t23-,24-,26+,27+,28-,29+,37-,38-,44-/m0/s1. The number of hydrogen-bond donors (Lipinski definition) is 5. The molecule has 5 aliphatic rings. The fourth-order valence-corrected chi connectivity index (χ4v) is 8.99. The molecule has 5 aliphatic heterocycles. The Balaban J connectivity index is 1.55. The fourth-order valence-electron chi connectivity index (χ4n) is 8.99. The van der Waals surface area contributed by atoms with E-state index in [1.54, 1.807) is 32.1 Å². The highest BCUT2D eigenvalue weighted by Crippen LogP contribution is 2.51. The number of phenolic OH excluding ortho intramolecular Hbond substituents is 2. The van der Waals surface area contributed by atoms with E-state index in [0.29, 0.717) is 24.4 Å². The first-order valence-corrected chi connectivity index (χ1v) is 20.6. The van der Waals surface area contributed by atoms with Crippen LogP contribution in [0.5, 0.6) is 17.2 Å². The number of likely N-dealkylation sites (tertiary alicyclic amines) is 1. The van der Waals surface area contributed by atoms with Crippen molar-refractivity contribution in [2.24, 2.45) is 51.4 Å². The van der Waals surface area contributed by atoms with Gasteiger partial charge in [0.1, 0.15) is 27.9 Å². The maximum absolute atomic E-state index is 14.6. The van der Waals surface area contributed by atoms with E-state index in [9.17, 15) is 30.0 Å². The van der Waals surface area contributed by atoms with Crippen molar-refractivity contribution in [2.75, 3.05) is 25.0 Å². The summed E-state index contributed by atoms with van der Waals surface area (Å²) in [5.74, 6) is -3.91. The molecule has 0 aromatic heterocycles. The van der Waals surface area contributed by atoms with Crippen molar-refractivity contribution in [2.45, 2.75) is 113 Å². The van der Waals surface area contributed by atoms with Crippen molar-refractivity contribution < 1.29 is 39.5 Å². The number of Topliss-reactive ketones (excluding diaryl/α,β-unsaturated/α-hetero) is 1. The SMILES string of the molecule is C/C1=C/C=C/[C@H](C)[C@H](O)[C@@H](C)[C@@H](O)[C@@H](C)[C@H](C)[C@H](C)[C@@H](C)/C=C/O[C@@]2(C)Oc3c(C)c(O)c4c(O)c(c5c(c4c3C2=O)NC2(CCN(CC(C)C)CC2)N=5)=NC1=O. The molecule has 0 radical (unpaired) electrons. The van der Waals surface area contributed by atoms with E-state index in [0.717, 1.165) is 19.6 Å². The van der Waals surface area contributed by atoms with Crippen molar-refractivity contribution in [3.8, 4) is 17.2 Å². The predicted octanol–water partition coefficient (Wildman–Crippen LogP) is 6.07. The number of carbonyl (C=O) groups excluding carboxylic acids is 2. The molecule has 5 bridgehead atoms. The van der Waals surface area contributed by atoms with Crippen LogP contribution in [0.15, 0.2) is 46.1 Å². The average molecular weight is 787 g/mol. The van der Waals surface area contributed by atoms with Crippen molar-refractivity contribution in [1.82, 2.24) is 4.90 Å². The second kappa shape index (κ2) is 15.8. The van der Waals surface area contributed by atoms with E-state index < -0.39 is 47.0 Å². The zero-order valence-electron chi connectivity index (χ0n) is 35.4. The molecule has 2 aromatic rings. The maximum atomic E-state index is 14.6. The van der Waals surface area contributed by atoms with Crippen LogP contribution in [0.2, 0.25) is 0 Å². The summed E-state index contributed by atoms with van der Waals surface area (Å²) in [6, 6.07) is 0. The topological polar surface area (TPSA) is 174 Å². The molecule has 9 atom stereocenters. The number of piperidine rings is 1. The van der Waals surface area contributed by atoms with Crippen LogP contribution in [0.1, 0.15) is 98.0 Å². The minimum absolute atomic E-state index is 0.0227. The Labute approximate surface area is 336 Å². The van der Waals surface area contributed by atoms with Crippen LogP contribution in [0.3, 0.4) is 0 Å². The number of allylic oxidation sites excluding steroid dienone is 3. The number of aliphatic hydroxyl groups is 2. The number of aliphatic hydroxyl groups excluding tert-OH is 2. The van der Waals surface area contributed by atoms with Crippen LogP contribution in [-0.4, -0.2) is 80.3 Å². The molecule has 5 heterocycles. The van der Waals surface area contributed by atoms with Gasteiger partial charge in [0.25, 0.3) is 11.7 Å². The van der Waals surface area contributed by atoms with Gasteiger partial charge in [0.2, 0.25) is 0 Å². The largest absolute Gasteiger partial charge is 0.507 e. The number of fused-ring (bicyclic) bond motifs is 13. The molecule has 12 nitrogen and oxygen atoms in total. The van der Waals surface area contributed by atoms with Gasteiger partial charge >= 0.3 is 5.79 Å². The summed E-state index contributed by atoms with van der Waals surface area (Å²) in [6.07, 6.45) is 8.04. The molecule has 12 heteroatoms. The summed E-state index contributed by atoms with van der Waals surface area (Å²) in [5, 5.41) is 50.5. The zero-order chi connectivity index (χ0) is 41.9. The molecule has 1 amide bonds. The lowest BCUT2D eigenvalue weighted by Gasteiger charge is -2.38. The molecular weight excluding hydrogens is 725 g/mol. The predicted molar refractivity (Wildman–Crippen MR) is 220 cm³/mol. The van der Waals surface area contributed by atoms with Crippen LogP contribution in [-0.2, 0) is 9.53 Å². The Hall–Kier alpha value is -4.26. The van der Waals surface area contributed by atoms with Crippen LogP contribution in [0, 0.1) is 48.3 Å². The van der Waals surface area contributed by atoms with Gasteiger partial charge in [-0.1, -0.05) is 73.6 Å².